The molecule has 0 heterocycles. The lowest BCUT2D eigenvalue weighted by atomic mass is 10.1. The van der Waals surface area contributed by atoms with Crippen molar-refractivity contribution in [3.8, 4) is 5.75 Å². The molecule has 1 aromatic carbocycles. The van der Waals surface area contributed by atoms with Gasteiger partial charge in [0.05, 0.1) is 6.61 Å². The Hall–Kier alpha value is -0.980. The third-order valence-electron chi connectivity index (χ3n) is 2.27. The van der Waals surface area contributed by atoms with Gasteiger partial charge in [-0.2, -0.15) is 0 Å². The average molecular weight is 192 g/mol. The van der Waals surface area contributed by atoms with Gasteiger partial charge >= 0.3 is 0 Å². The number of benzene rings is 1. The van der Waals surface area contributed by atoms with Gasteiger partial charge in [-0.3, -0.25) is 0 Å². The van der Waals surface area contributed by atoms with E-state index in [9.17, 15) is 0 Å². The maximum atomic E-state index is 5.66. The minimum atomic E-state index is 0.712. The predicted molar refractivity (Wildman–Crippen MR) is 60.8 cm³/mol. The van der Waals surface area contributed by atoms with Gasteiger partial charge in [0.25, 0.3) is 0 Å². The summed E-state index contributed by atoms with van der Waals surface area (Å²) in [4.78, 5) is 0. The zero-order chi connectivity index (χ0) is 10.4. The molecule has 78 valence electrons. The summed E-state index contributed by atoms with van der Waals surface area (Å²) in [5, 5.41) is 0. The lowest BCUT2D eigenvalue weighted by molar-refractivity contribution is 0.289. The van der Waals surface area contributed by atoms with E-state index in [2.05, 4.69) is 39.0 Å². The van der Waals surface area contributed by atoms with E-state index < -0.39 is 0 Å². The molecule has 0 saturated heterocycles. The van der Waals surface area contributed by atoms with Crippen molar-refractivity contribution in [2.45, 2.75) is 33.6 Å². The first-order chi connectivity index (χ1) is 6.72. The summed E-state index contributed by atoms with van der Waals surface area (Å²) in [5.74, 6) is 1.72. The van der Waals surface area contributed by atoms with Crippen LogP contribution in [0.25, 0.3) is 0 Å². The van der Waals surface area contributed by atoms with Gasteiger partial charge in [0, 0.05) is 0 Å². The van der Waals surface area contributed by atoms with Crippen LogP contribution in [0.1, 0.15) is 32.8 Å². The summed E-state index contributed by atoms with van der Waals surface area (Å²) in [6.45, 7) is 7.41. The summed E-state index contributed by atoms with van der Waals surface area (Å²) in [6, 6.07) is 8.35. The molecule has 0 atom stereocenters. The SMILES string of the molecule is CCc1cccc(OCCC(C)C)c1. The van der Waals surface area contributed by atoms with Gasteiger partial charge in [0.15, 0.2) is 0 Å². The molecular formula is C13H20O. The first-order valence-electron chi connectivity index (χ1n) is 5.44. The van der Waals surface area contributed by atoms with Gasteiger partial charge in [-0.15, -0.1) is 0 Å². The Morgan fingerprint density at radius 3 is 2.71 bits per heavy atom. The van der Waals surface area contributed by atoms with E-state index in [4.69, 9.17) is 4.74 Å². The van der Waals surface area contributed by atoms with Crippen molar-refractivity contribution in [2.75, 3.05) is 6.61 Å². The molecule has 1 rings (SSSR count). The number of rotatable bonds is 5. The molecule has 0 amide bonds. The van der Waals surface area contributed by atoms with Gasteiger partial charge < -0.3 is 4.74 Å². The van der Waals surface area contributed by atoms with Gasteiger partial charge in [0.2, 0.25) is 0 Å². The second-order valence-electron chi connectivity index (χ2n) is 4.03. The molecule has 14 heavy (non-hydrogen) atoms. The Balaban J connectivity index is 2.42. The summed E-state index contributed by atoms with van der Waals surface area (Å²) >= 11 is 0. The first kappa shape index (κ1) is 11.1. The van der Waals surface area contributed by atoms with Crippen molar-refractivity contribution in [2.24, 2.45) is 5.92 Å². The Morgan fingerprint density at radius 2 is 2.07 bits per heavy atom. The van der Waals surface area contributed by atoms with Crippen molar-refractivity contribution in [3.63, 3.8) is 0 Å². The second kappa shape index (κ2) is 5.69. The predicted octanol–water partition coefficient (Wildman–Crippen LogP) is 3.67. The highest BCUT2D eigenvalue weighted by molar-refractivity contribution is 5.28. The van der Waals surface area contributed by atoms with Crippen LogP contribution in [0.3, 0.4) is 0 Å². The molecular weight excluding hydrogens is 172 g/mol. The second-order valence-corrected chi connectivity index (χ2v) is 4.03. The molecule has 0 unspecified atom stereocenters. The summed E-state index contributed by atoms with van der Waals surface area (Å²) in [7, 11) is 0. The molecule has 0 fully saturated rings. The summed E-state index contributed by atoms with van der Waals surface area (Å²) in [6.07, 6.45) is 2.19. The third-order valence-corrected chi connectivity index (χ3v) is 2.27. The minimum Gasteiger partial charge on any atom is -0.494 e. The van der Waals surface area contributed by atoms with Crippen LogP contribution < -0.4 is 4.74 Å². The lowest BCUT2D eigenvalue weighted by Gasteiger charge is -2.08. The largest absolute Gasteiger partial charge is 0.494 e. The quantitative estimate of drug-likeness (QED) is 0.691. The molecule has 1 nitrogen and oxygen atoms in total. The summed E-state index contributed by atoms with van der Waals surface area (Å²) in [5.41, 5.74) is 1.34. The molecule has 1 heteroatoms. The van der Waals surface area contributed by atoms with Crippen molar-refractivity contribution < 1.29 is 4.74 Å². The molecule has 0 aliphatic carbocycles. The van der Waals surface area contributed by atoms with Crippen molar-refractivity contribution in [1.29, 1.82) is 0 Å². The zero-order valence-corrected chi connectivity index (χ0v) is 9.42. The van der Waals surface area contributed by atoms with Crippen LogP contribution in [0.5, 0.6) is 5.75 Å². The molecule has 0 aliphatic heterocycles. The third kappa shape index (κ3) is 3.82. The monoisotopic (exact) mass is 192 g/mol. The number of hydrogen-bond acceptors (Lipinski definition) is 1. The number of ether oxygens (including phenoxy) is 1. The van der Waals surface area contributed by atoms with Gasteiger partial charge in [0.1, 0.15) is 5.75 Å². The Morgan fingerprint density at radius 1 is 1.29 bits per heavy atom. The van der Waals surface area contributed by atoms with Gasteiger partial charge in [-0.05, 0) is 36.5 Å². The van der Waals surface area contributed by atoms with E-state index in [0.717, 1.165) is 25.2 Å². The van der Waals surface area contributed by atoms with E-state index in [1.807, 2.05) is 6.07 Å². The minimum absolute atomic E-state index is 0.712. The van der Waals surface area contributed by atoms with E-state index in [1.54, 1.807) is 0 Å². The normalized spacial score (nSPS) is 10.6. The number of aryl methyl sites for hydroxylation is 1. The van der Waals surface area contributed by atoms with Crippen LogP contribution in [0.15, 0.2) is 24.3 Å². The maximum Gasteiger partial charge on any atom is 0.119 e. The van der Waals surface area contributed by atoms with E-state index in [-0.39, 0.29) is 0 Å². The molecule has 0 aliphatic rings. The Labute approximate surface area is 87.1 Å². The van der Waals surface area contributed by atoms with Crippen LogP contribution in [0, 0.1) is 5.92 Å². The topological polar surface area (TPSA) is 9.23 Å². The zero-order valence-electron chi connectivity index (χ0n) is 9.42. The lowest BCUT2D eigenvalue weighted by Crippen LogP contribution is -2.01. The molecule has 1 aromatic rings. The van der Waals surface area contributed by atoms with Crippen LogP contribution in [-0.4, -0.2) is 6.61 Å². The Kier molecular flexibility index (Phi) is 4.51. The average Bonchev–Trinajstić information content (AvgIpc) is 2.18. The molecule has 0 N–H and O–H groups in total. The van der Waals surface area contributed by atoms with E-state index in [1.165, 1.54) is 5.56 Å². The van der Waals surface area contributed by atoms with E-state index >= 15 is 0 Å². The number of hydrogen-bond donors (Lipinski definition) is 0. The first-order valence-corrected chi connectivity index (χ1v) is 5.44. The van der Waals surface area contributed by atoms with Gasteiger partial charge in [-0.1, -0.05) is 32.9 Å². The van der Waals surface area contributed by atoms with Crippen molar-refractivity contribution in [3.05, 3.63) is 29.8 Å². The highest BCUT2D eigenvalue weighted by Crippen LogP contribution is 2.14. The molecule has 0 spiro atoms. The molecule has 0 aromatic heterocycles. The van der Waals surface area contributed by atoms with Gasteiger partial charge in [-0.25, -0.2) is 0 Å². The highest BCUT2D eigenvalue weighted by atomic mass is 16.5. The van der Waals surface area contributed by atoms with Crippen LogP contribution >= 0.6 is 0 Å². The van der Waals surface area contributed by atoms with Crippen LogP contribution in [0.2, 0.25) is 0 Å². The van der Waals surface area contributed by atoms with Crippen LogP contribution in [-0.2, 0) is 6.42 Å². The maximum absolute atomic E-state index is 5.66. The fourth-order valence-corrected chi connectivity index (χ4v) is 1.27. The molecule has 0 saturated carbocycles. The summed E-state index contributed by atoms with van der Waals surface area (Å²) < 4.78 is 5.66. The highest BCUT2D eigenvalue weighted by Gasteiger charge is 1.97. The molecule has 0 bridgehead atoms. The van der Waals surface area contributed by atoms with Crippen LogP contribution in [0.4, 0.5) is 0 Å². The fraction of sp³-hybridized carbons (Fsp3) is 0.538. The standard InChI is InChI=1S/C13H20O/c1-4-12-6-5-7-13(10-12)14-9-8-11(2)3/h5-7,10-11H,4,8-9H2,1-3H3. The smallest absolute Gasteiger partial charge is 0.119 e. The fourth-order valence-electron chi connectivity index (χ4n) is 1.27. The molecule has 0 radical (unpaired) electrons. The Bertz CT molecular complexity index is 266. The van der Waals surface area contributed by atoms with Crippen molar-refractivity contribution >= 4 is 0 Å². The van der Waals surface area contributed by atoms with Crippen molar-refractivity contribution in [1.82, 2.24) is 0 Å². The van der Waals surface area contributed by atoms with E-state index in [0.29, 0.717) is 5.92 Å².